The normalized spacial score (nSPS) is 15.8. The fraction of sp³-hybridized carbons (Fsp3) is 0.250. The molecule has 10 nitrogen and oxygen atoms in total. The summed E-state index contributed by atoms with van der Waals surface area (Å²) in [6.45, 7) is 1.70. The van der Waals surface area contributed by atoms with Crippen LogP contribution in [0.4, 0.5) is 14.9 Å². The maximum Gasteiger partial charge on any atom is 0.414 e. The zero-order valence-electron chi connectivity index (χ0n) is 16.4. The third-order valence-electron chi connectivity index (χ3n) is 4.52. The van der Waals surface area contributed by atoms with Gasteiger partial charge in [-0.1, -0.05) is 11.2 Å². The summed E-state index contributed by atoms with van der Waals surface area (Å²) in [5.74, 6) is -0.795. The van der Waals surface area contributed by atoms with E-state index in [9.17, 15) is 14.0 Å². The molecule has 1 aliphatic heterocycles. The maximum absolute atomic E-state index is 14.7. The lowest BCUT2D eigenvalue weighted by Crippen LogP contribution is -2.24. The highest BCUT2D eigenvalue weighted by molar-refractivity contribution is 5.90. The van der Waals surface area contributed by atoms with Gasteiger partial charge in [0, 0.05) is 17.3 Å². The second kappa shape index (κ2) is 8.48. The monoisotopic (exact) mass is 427 g/mol. The van der Waals surface area contributed by atoms with Gasteiger partial charge in [-0.25, -0.2) is 9.18 Å². The number of amides is 1. The number of ether oxygens (including phenoxy) is 2. The van der Waals surface area contributed by atoms with Gasteiger partial charge in [-0.2, -0.15) is 4.98 Å². The second-order valence-corrected chi connectivity index (χ2v) is 6.78. The number of nitrogens with two attached hydrogens (primary N) is 1. The maximum atomic E-state index is 14.7. The predicted octanol–water partition coefficient (Wildman–Crippen LogP) is 2.28. The smallest absolute Gasteiger partial charge is 0.414 e. The quantitative estimate of drug-likeness (QED) is 0.588. The van der Waals surface area contributed by atoms with Crippen molar-refractivity contribution in [1.82, 2.24) is 15.1 Å². The minimum absolute atomic E-state index is 0.0964. The summed E-state index contributed by atoms with van der Waals surface area (Å²) in [6, 6.07) is 7.80. The molecule has 1 amide bonds. The van der Waals surface area contributed by atoms with Gasteiger partial charge < -0.3 is 19.7 Å². The van der Waals surface area contributed by atoms with Crippen LogP contribution < -0.4 is 10.6 Å². The van der Waals surface area contributed by atoms with Crippen molar-refractivity contribution in [2.75, 3.05) is 18.0 Å². The SMILES string of the molecule is C[C@H]1CN(c2ccc(-c3ccc(-c4noc(COC(=O)CN)n4)nc3)c(F)c2)C(=O)O1. The molecular weight excluding hydrogens is 409 g/mol. The van der Waals surface area contributed by atoms with Crippen molar-refractivity contribution in [2.24, 2.45) is 5.73 Å². The van der Waals surface area contributed by atoms with E-state index in [0.29, 0.717) is 29.1 Å². The number of benzene rings is 1. The molecule has 2 aromatic heterocycles. The molecule has 0 saturated carbocycles. The summed E-state index contributed by atoms with van der Waals surface area (Å²) in [4.78, 5) is 32.6. The van der Waals surface area contributed by atoms with Crippen LogP contribution in [0.25, 0.3) is 22.6 Å². The Kier molecular flexibility index (Phi) is 5.58. The van der Waals surface area contributed by atoms with E-state index >= 15 is 0 Å². The minimum Gasteiger partial charge on any atom is -0.455 e. The third-order valence-corrected chi connectivity index (χ3v) is 4.52. The molecule has 31 heavy (non-hydrogen) atoms. The van der Waals surface area contributed by atoms with E-state index < -0.39 is 17.9 Å². The summed E-state index contributed by atoms with van der Waals surface area (Å²) in [5, 5.41) is 3.78. The van der Waals surface area contributed by atoms with Crippen molar-refractivity contribution in [3.63, 3.8) is 0 Å². The molecule has 11 heteroatoms. The van der Waals surface area contributed by atoms with Crippen molar-refractivity contribution in [3.8, 4) is 22.6 Å². The van der Waals surface area contributed by atoms with E-state index in [-0.39, 0.29) is 31.0 Å². The largest absolute Gasteiger partial charge is 0.455 e. The summed E-state index contributed by atoms with van der Waals surface area (Å²) in [5.41, 5.74) is 6.84. The molecule has 0 unspecified atom stereocenters. The van der Waals surface area contributed by atoms with Crippen LogP contribution in [0.2, 0.25) is 0 Å². The zero-order valence-corrected chi connectivity index (χ0v) is 16.4. The van der Waals surface area contributed by atoms with E-state index in [1.807, 2.05) is 0 Å². The lowest BCUT2D eigenvalue weighted by Gasteiger charge is -2.14. The Morgan fingerprint density at radius 3 is 2.84 bits per heavy atom. The van der Waals surface area contributed by atoms with E-state index in [1.165, 1.54) is 17.2 Å². The fourth-order valence-electron chi connectivity index (χ4n) is 3.03. The van der Waals surface area contributed by atoms with Crippen LogP contribution in [-0.4, -0.2) is 46.4 Å². The van der Waals surface area contributed by atoms with Crippen molar-refractivity contribution >= 4 is 17.7 Å². The van der Waals surface area contributed by atoms with Crippen LogP contribution >= 0.6 is 0 Å². The Morgan fingerprint density at radius 1 is 1.35 bits per heavy atom. The number of carbonyl (C=O) groups excluding carboxylic acids is 2. The molecule has 0 radical (unpaired) electrons. The van der Waals surface area contributed by atoms with Crippen LogP contribution in [0.15, 0.2) is 41.1 Å². The lowest BCUT2D eigenvalue weighted by molar-refractivity contribution is -0.143. The summed E-state index contributed by atoms with van der Waals surface area (Å²) in [6.07, 6.45) is 0.734. The molecule has 0 aliphatic carbocycles. The van der Waals surface area contributed by atoms with Crippen molar-refractivity contribution in [1.29, 1.82) is 0 Å². The number of nitrogens with zero attached hydrogens (tertiary/aromatic N) is 4. The van der Waals surface area contributed by atoms with Crippen LogP contribution in [0.5, 0.6) is 0 Å². The molecule has 2 N–H and O–H groups in total. The highest BCUT2D eigenvalue weighted by atomic mass is 19.1. The number of hydrogen-bond donors (Lipinski definition) is 1. The van der Waals surface area contributed by atoms with Crippen LogP contribution in [-0.2, 0) is 20.9 Å². The highest BCUT2D eigenvalue weighted by Crippen LogP contribution is 2.29. The van der Waals surface area contributed by atoms with Crippen LogP contribution in [0, 0.1) is 5.82 Å². The number of anilines is 1. The van der Waals surface area contributed by atoms with Crippen LogP contribution in [0.1, 0.15) is 12.8 Å². The molecule has 1 saturated heterocycles. The Hall–Kier alpha value is -3.86. The van der Waals surface area contributed by atoms with Crippen LogP contribution in [0.3, 0.4) is 0 Å². The first-order chi connectivity index (χ1) is 14.9. The Morgan fingerprint density at radius 2 is 2.19 bits per heavy atom. The fourth-order valence-corrected chi connectivity index (χ4v) is 3.03. The molecule has 3 aromatic rings. The second-order valence-electron chi connectivity index (χ2n) is 6.78. The average molecular weight is 427 g/mol. The van der Waals surface area contributed by atoms with Crippen molar-refractivity contribution in [2.45, 2.75) is 19.6 Å². The molecule has 0 bridgehead atoms. The van der Waals surface area contributed by atoms with Gasteiger partial charge in [-0.3, -0.25) is 14.7 Å². The topological polar surface area (TPSA) is 134 Å². The average Bonchev–Trinajstić information content (AvgIpc) is 3.38. The van der Waals surface area contributed by atoms with E-state index in [0.717, 1.165) is 0 Å². The molecular formula is C20H18FN5O5. The number of esters is 1. The van der Waals surface area contributed by atoms with Gasteiger partial charge in [-0.15, -0.1) is 0 Å². The van der Waals surface area contributed by atoms with Gasteiger partial charge in [0.1, 0.15) is 17.6 Å². The van der Waals surface area contributed by atoms with Crippen molar-refractivity contribution < 1.29 is 28.0 Å². The van der Waals surface area contributed by atoms with Gasteiger partial charge in [-0.05, 0) is 31.2 Å². The molecule has 1 atom stereocenters. The Labute approximate surface area is 175 Å². The summed E-state index contributed by atoms with van der Waals surface area (Å²) < 4.78 is 29.6. The number of cyclic esters (lactones) is 1. The minimum atomic E-state index is -0.591. The Bertz CT molecular complexity index is 1120. The van der Waals surface area contributed by atoms with E-state index in [1.54, 1.807) is 31.2 Å². The number of pyridine rings is 1. The van der Waals surface area contributed by atoms with Gasteiger partial charge in [0.15, 0.2) is 6.61 Å². The highest BCUT2D eigenvalue weighted by Gasteiger charge is 2.29. The van der Waals surface area contributed by atoms with E-state index in [4.69, 9.17) is 19.7 Å². The first-order valence-electron chi connectivity index (χ1n) is 9.37. The van der Waals surface area contributed by atoms with Crippen molar-refractivity contribution in [3.05, 3.63) is 48.2 Å². The first-order valence-corrected chi connectivity index (χ1v) is 9.37. The number of carbonyl (C=O) groups is 2. The third kappa shape index (κ3) is 4.36. The summed E-state index contributed by atoms with van der Waals surface area (Å²) >= 11 is 0. The standard InChI is InChI=1S/C20H18FN5O5/c1-11-9-26(20(28)30-11)13-3-4-14(15(21)6-13)12-2-5-16(23-8-12)19-24-17(31-25-19)10-29-18(27)7-22/h2-6,8,11H,7,9-10,22H2,1H3/t11-/m0/s1. The van der Waals surface area contributed by atoms with Gasteiger partial charge in [0.25, 0.3) is 5.89 Å². The molecule has 160 valence electrons. The molecule has 1 fully saturated rings. The molecule has 0 spiro atoms. The number of aromatic nitrogens is 3. The van der Waals surface area contributed by atoms with Gasteiger partial charge in [0.05, 0.1) is 18.8 Å². The Balaban J connectivity index is 1.49. The zero-order chi connectivity index (χ0) is 22.0. The lowest BCUT2D eigenvalue weighted by atomic mass is 10.1. The molecule has 1 aromatic carbocycles. The predicted molar refractivity (Wildman–Crippen MR) is 105 cm³/mol. The van der Waals surface area contributed by atoms with E-state index in [2.05, 4.69) is 15.1 Å². The van der Waals surface area contributed by atoms with Gasteiger partial charge in [0.2, 0.25) is 5.82 Å². The number of rotatable bonds is 6. The number of halogens is 1. The summed E-state index contributed by atoms with van der Waals surface area (Å²) in [7, 11) is 0. The molecule has 1 aliphatic rings. The molecule has 4 rings (SSSR count). The molecule has 3 heterocycles. The first kappa shape index (κ1) is 20.4. The number of hydrogen-bond acceptors (Lipinski definition) is 9. The van der Waals surface area contributed by atoms with Gasteiger partial charge >= 0.3 is 12.1 Å².